The van der Waals surface area contributed by atoms with Crippen LogP contribution in [0.4, 0.5) is 8.78 Å². The standard InChI is InChI=1S/C28H27F2N3O5/c1-16-7-10-23(34)22-14-32(16)28(37)24-26(38-15-17-5-3-2-4-6-17)25(35)20(13-33(22)24)27(36)31-12-18-8-9-19(29)11-21(18)30/h2-6,8-9,11,13,16,22-23,34H,7,10,12,14-15H2,1H3,(H,31,36)/t16-,22+,23-/m0/s1. The maximum atomic E-state index is 14.1. The van der Waals surface area contributed by atoms with E-state index in [2.05, 4.69) is 5.32 Å². The molecule has 38 heavy (non-hydrogen) atoms. The van der Waals surface area contributed by atoms with Gasteiger partial charge in [0.05, 0.1) is 12.1 Å². The molecular weight excluding hydrogens is 496 g/mol. The van der Waals surface area contributed by atoms with E-state index in [4.69, 9.17) is 4.74 Å². The third kappa shape index (κ3) is 4.79. The van der Waals surface area contributed by atoms with Crippen LogP contribution in [0.2, 0.25) is 0 Å². The van der Waals surface area contributed by atoms with Crippen LogP contribution in [-0.2, 0) is 13.2 Å². The molecule has 0 unspecified atom stereocenters. The van der Waals surface area contributed by atoms with Crippen molar-refractivity contribution in [1.82, 2.24) is 14.8 Å². The highest BCUT2D eigenvalue weighted by Gasteiger charge is 2.42. The van der Waals surface area contributed by atoms with Gasteiger partial charge in [0, 0.05) is 37.0 Å². The number of carbonyl (C=O) groups is 2. The minimum absolute atomic E-state index is 0.0175. The topological polar surface area (TPSA) is 101 Å². The number of nitrogens with zero attached hydrogens (tertiary/aromatic N) is 2. The van der Waals surface area contributed by atoms with E-state index in [0.29, 0.717) is 18.9 Å². The first-order valence-corrected chi connectivity index (χ1v) is 12.4. The molecule has 3 heterocycles. The second-order valence-electron chi connectivity index (χ2n) is 9.67. The van der Waals surface area contributed by atoms with Gasteiger partial charge in [-0.1, -0.05) is 36.4 Å². The summed E-state index contributed by atoms with van der Waals surface area (Å²) in [5, 5.41) is 13.4. The molecule has 0 saturated carbocycles. The predicted molar refractivity (Wildman–Crippen MR) is 134 cm³/mol. The van der Waals surface area contributed by atoms with E-state index in [1.54, 1.807) is 17.0 Å². The Kier molecular flexibility index (Phi) is 6.98. The maximum Gasteiger partial charge on any atom is 0.274 e. The number of carbonyl (C=O) groups excluding carboxylic acids is 2. The summed E-state index contributed by atoms with van der Waals surface area (Å²) in [6.07, 6.45) is 1.47. The summed E-state index contributed by atoms with van der Waals surface area (Å²) in [5.74, 6) is -3.09. The van der Waals surface area contributed by atoms with Crippen molar-refractivity contribution >= 4 is 11.8 Å². The van der Waals surface area contributed by atoms with Crippen LogP contribution in [0.1, 0.15) is 57.8 Å². The average molecular weight is 524 g/mol. The predicted octanol–water partition coefficient (Wildman–Crippen LogP) is 3.18. The van der Waals surface area contributed by atoms with Crippen LogP contribution >= 0.6 is 0 Å². The van der Waals surface area contributed by atoms with Gasteiger partial charge in [-0.25, -0.2) is 8.78 Å². The maximum absolute atomic E-state index is 14.1. The van der Waals surface area contributed by atoms with Gasteiger partial charge in [0.2, 0.25) is 5.43 Å². The molecule has 3 atom stereocenters. The highest BCUT2D eigenvalue weighted by atomic mass is 19.1. The minimum Gasteiger partial charge on any atom is -0.483 e. The fourth-order valence-electron chi connectivity index (χ4n) is 5.00. The number of ether oxygens (including phenoxy) is 1. The third-order valence-corrected chi connectivity index (χ3v) is 7.18. The third-order valence-electron chi connectivity index (χ3n) is 7.18. The van der Waals surface area contributed by atoms with Crippen molar-refractivity contribution in [2.75, 3.05) is 6.54 Å². The summed E-state index contributed by atoms with van der Waals surface area (Å²) < 4.78 is 34.7. The highest BCUT2D eigenvalue weighted by Crippen LogP contribution is 2.35. The number of aliphatic hydroxyl groups excluding tert-OH is 1. The van der Waals surface area contributed by atoms with Crippen molar-refractivity contribution in [2.24, 2.45) is 0 Å². The Hall–Kier alpha value is -4.05. The molecule has 5 rings (SSSR count). The Balaban J connectivity index is 1.56. The van der Waals surface area contributed by atoms with Gasteiger partial charge < -0.3 is 24.6 Å². The molecule has 1 fully saturated rings. The average Bonchev–Trinajstić information content (AvgIpc) is 3.03. The quantitative estimate of drug-likeness (QED) is 0.517. The molecular formula is C28H27F2N3O5. The smallest absolute Gasteiger partial charge is 0.274 e. The van der Waals surface area contributed by atoms with E-state index < -0.39 is 41.0 Å². The number of nitrogens with one attached hydrogen (secondary N) is 1. The monoisotopic (exact) mass is 523 g/mol. The summed E-state index contributed by atoms with van der Waals surface area (Å²) in [7, 11) is 0. The molecule has 1 aromatic heterocycles. The van der Waals surface area contributed by atoms with Gasteiger partial charge in [0.25, 0.3) is 11.8 Å². The summed E-state index contributed by atoms with van der Waals surface area (Å²) in [4.78, 5) is 41.9. The number of aromatic nitrogens is 1. The summed E-state index contributed by atoms with van der Waals surface area (Å²) in [6.45, 7) is 1.80. The van der Waals surface area contributed by atoms with E-state index in [-0.39, 0.29) is 48.3 Å². The van der Waals surface area contributed by atoms with Gasteiger partial charge in [-0.15, -0.1) is 0 Å². The van der Waals surface area contributed by atoms with E-state index in [9.17, 15) is 28.3 Å². The Labute approximate surface area is 217 Å². The minimum atomic E-state index is -0.833. The molecule has 0 spiro atoms. The summed E-state index contributed by atoms with van der Waals surface area (Å²) >= 11 is 0. The molecule has 3 aromatic rings. The van der Waals surface area contributed by atoms with Crippen molar-refractivity contribution in [3.63, 3.8) is 0 Å². The van der Waals surface area contributed by atoms with Crippen LogP contribution in [0.3, 0.4) is 0 Å². The van der Waals surface area contributed by atoms with Crippen molar-refractivity contribution in [3.8, 4) is 5.75 Å². The summed E-state index contributed by atoms with van der Waals surface area (Å²) in [5.41, 5.74) is -0.333. The first-order valence-electron chi connectivity index (χ1n) is 12.4. The Morgan fingerprint density at radius 2 is 1.89 bits per heavy atom. The van der Waals surface area contributed by atoms with Crippen LogP contribution in [0.5, 0.6) is 5.75 Å². The van der Waals surface area contributed by atoms with Crippen LogP contribution in [0.15, 0.2) is 59.5 Å². The van der Waals surface area contributed by atoms with Gasteiger partial charge in [-0.2, -0.15) is 0 Å². The van der Waals surface area contributed by atoms with Crippen molar-refractivity contribution < 1.29 is 28.2 Å². The number of aliphatic hydroxyl groups is 1. The lowest BCUT2D eigenvalue weighted by Crippen LogP contribution is -2.49. The Morgan fingerprint density at radius 3 is 2.63 bits per heavy atom. The fourth-order valence-corrected chi connectivity index (χ4v) is 5.00. The zero-order valence-corrected chi connectivity index (χ0v) is 20.7. The van der Waals surface area contributed by atoms with Crippen LogP contribution in [0.25, 0.3) is 0 Å². The molecule has 0 aliphatic carbocycles. The second kappa shape index (κ2) is 10.4. The van der Waals surface area contributed by atoms with Crippen molar-refractivity contribution in [2.45, 2.75) is 51.1 Å². The molecule has 198 valence electrons. The number of benzene rings is 2. The SMILES string of the molecule is C[C@H]1CC[C@H](O)[C@H]2CN1C(=O)c1c(OCc3ccccc3)c(=O)c(C(=O)NCc3ccc(F)cc3F)cn12. The first kappa shape index (κ1) is 25.6. The van der Waals surface area contributed by atoms with E-state index >= 15 is 0 Å². The zero-order valence-electron chi connectivity index (χ0n) is 20.7. The van der Waals surface area contributed by atoms with E-state index in [0.717, 1.165) is 11.6 Å². The van der Waals surface area contributed by atoms with Gasteiger partial charge in [-0.3, -0.25) is 14.4 Å². The van der Waals surface area contributed by atoms with Gasteiger partial charge >= 0.3 is 0 Å². The summed E-state index contributed by atoms with van der Waals surface area (Å²) in [6, 6.07) is 11.3. The molecule has 10 heteroatoms. The number of halogens is 2. The number of pyridine rings is 1. The van der Waals surface area contributed by atoms with Crippen LogP contribution in [-0.4, -0.2) is 45.1 Å². The van der Waals surface area contributed by atoms with Gasteiger partial charge in [0.1, 0.15) is 23.8 Å². The lowest BCUT2D eigenvalue weighted by molar-refractivity contribution is 0.0499. The lowest BCUT2D eigenvalue weighted by atomic mass is 10.0. The molecule has 0 radical (unpaired) electrons. The fraction of sp³-hybridized carbons (Fsp3) is 0.321. The van der Waals surface area contributed by atoms with Gasteiger partial charge in [0.15, 0.2) is 11.4 Å². The molecule has 2 aromatic carbocycles. The number of hydrogen-bond donors (Lipinski definition) is 2. The normalized spacial score (nSPS) is 20.5. The van der Waals surface area contributed by atoms with Crippen molar-refractivity contribution in [3.05, 3.63) is 99.0 Å². The number of fused-ring (bicyclic) bond motifs is 4. The number of amides is 2. The van der Waals surface area contributed by atoms with E-state index in [1.807, 2.05) is 25.1 Å². The molecule has 2 aliphatic heterocycles. The Morgan fingerprint density at radius 1 is 1.13 bits per heavy atom. The lowest BCUT2D eigenvalue weighted by Gasteiger charge is -2.38. The second-order valence-corrected chi connectivity index (χ2v) is 9.67. The zero-order chi connectivity index (χ0) is 27.0. The molecule has 2 N–H and O–H groups in total. The van der Waals surface area contributed by atoms with Gasteiger partial charge in [-0.05, 0) is 31.4 Å². The molecule has 2 bridgehead atoms. The molecule has 2 aliphatic rings. The molecule has 8 nitrogen and oxygen atoms in total. The van der Waals surface area contributed by atoms with E-state index in [1.165, 1.54) is 16.8 Å². The molecule has 1 saturated heterocycles. The van der Waals surface area contributed by atoms with Crippen molar-refractivity contribution in [1.29, 1.82) is 0 Å². The Bertz CT molecular complexity index is 1440. The number of rotatable bonds is 6. The largest absolute Gasteiger partial charge is 0.483 e. The first-order chi connectivity index (χ1) is 18.2. The number of hydrogen-bond acceptors (Lipinski definition) is 5. The van der Waals surface area contributed by atoms with Crippen LogP contribution in [0, 0.1) is 11.6 Å². The van der Waals surface area contributed by atoms with Crippen LogP contribution < -0.4 is 15.5 Å². The molecule has 2 amide bonds. The highest BCUT2D eigenvalue weighted by molar-refractivity contribution is 5.99.